The van der Waals surface area contributed by atoms with Gasteiger partial charge in [-0.1, -0.05) is 57.2 Å². The minimum absolute atomic E-state index is 0.0593. The second-order valence-corrected chi connectivity index (χ2v) is 13.2. The highest BCUT2D eigenvalue weighted by Gasteiger charge is 2.31. The van der Waals surface area contributed by atoms with Gasteiger partial charge in [-0.05, 0) is 43.4 Å². The Balaban J connectivity index is 1.41. The maximum absolute atomic E-state index is 14.0. The molecule has 0 unspecified atom stereocenters. The Morgan fingerprint density at radius 1 is 0.909 bits per heavy atom. The molecule has 0 amide bonds. The molecule has 3 rings (SSSR count). The quantitative estimate of drug-likeness (QED) is 0.142. The van der Waals surface area contributed by atoms with Crippen molar-refractivity contribution in [3.8, 4) is 11.5 Å². The van der Waals surface area contributed by atoms with Gasteiger partial charge in [0.15, 0.2) is 11.6 Å². The third-order valence-electron chi connectivity index (χ3n) is 7.46. The summed E-state index contributed by atoms with van der Waals surface area (Å²) < 4.78 is 74.6. The highest BCUT2D eigenvalue weighted by molar-refractivity contribution is 6.58. The number of ether oxygens (including phenoxy) is 2. The average molecular weight is 491 g/mol. The van der Waals surface area contributed by atoms with Gasteiger partial charge in [0.2, 0.25) is 5.75 Å². The van der Waals surface area contributed by atoms with Crippen molar-refractivity contribution in [3.05, 3.63) is 35.9 Å². The zero-order valence-electron chi connectivity index (χ0n) is 19.4. The topological polar surface area (TPSA) is 18.5 Å². The van der Waals surface area contributed by atoms with Gasteiger partial charge in [0.1, 0.15) is 5.75 Å². The molecule has 0 N–H and O–H groups in total. The van der Waals surface area contributed by atoms with Crippen LogP contribution in [-0.2, 0) is 0 Å². The Bertz CT molecular complexity index is 760. The van der Waals surface area contributed by atoms with E-state index in [0.717, 1.165) is 36.8 Å². The third-order valence-corrected chi connectivity index (χ3v) is 11.0. The largest absolute Gasteiger partial charge is 0.493 e. The first-order chi connectivity index (χ1) is 15.9. The maximum Gasteiger partial charge on any atom is 0.344 e. The van der Waals surface area contributed by atoms with E-state index in [1.54, 1.807) is 0 Å². The summed E-state index contributed by atoms with van der Waals surface area (Å²) in [7, 11) is -0.485. The molecule has 0 bridgehead atoms. The van der Waals surface area contributed by atoms with Crippen LogP contribution in [0.4, 0.5) is 22.0 Å². The summed E-state index contributed by atoms with van der Waals surface area (Å²) in [5.74, 6) is -1.88. The summed E-state index contributed by atoms with van der Waals surface area (Å²) >= 11 is 0. The van der Waals surface area contributed by atoms with Crippen molar-refractivity contribution < 1.29 is 31.4 Å². The van der Waals surface area contributed by atoms with Crippen LogP contribution in [0.15, 0.2) is 24.2 Å². The van der Waals surface area contributed by atoms with Crippen molar-refractivity contribution in [3.63, 3.8) is 0 Å². The Labute approximate surface area is 195 Å². The van der Waals surface area contributed by atoms with Crippen molar-refractivity contribution in [2.45, 2.75) is 82.8 Å². The molecule has 1 heterocycles. The van der Waals surface area contributed by atoms with E-state index in [1.807, 2.05) is 0 Å². The number of hydrogen-bond acceptors (Lipinski definition) is 2. The minimum Gasteiger partial charge on any atom is -0.493 e. The molecular formula is C25H35F5O2Si. The zero-order chi connectivity index (χ0) is 23.8. The SMILES string of the molecule is CCCCC[SiH]1CCC([C@H]2CC[C@H](COc3cc(F)c(OC(F)=C(F)F)c(F)c3)CC2)CC1. The highest BCUT2D eigenvalue weighted by atomic mass is 28.3. The average Bonchev–Trinajstić information content (AvgIpc) is 2.81. The molecule has 0 atom stereocenters. The Kier molecular flexibility index (Phi) is 10.1. The van der Waals surface area contributed by atoms with Crippen molar-refractivity contribution >= 4 is 8.80 Å². The van der Waals surface area contributed by atoms with E-state index >= 15 is 0 Å². The van der Waals surface area contributed by atoms with Crippen LogP contribution in [0.3, 0.4) is 0 Å². The van der Waals surface area contributed by atoms with E-state index in [0.29, 0.717) is 12.5 Å². The van der Waals surface area contributed by atoms with E-state index < -0.39 is 38.3 Å². The molecule has 2 fully saturated rings. The normalized spacial score (nSPS) is 25.5. The lowest BCUT2D eigenvalue weighted by molar-refractivity contribution is 0.147. The fraction of sp³-hybridized carbons (Fsp3) is 0.680. The Morgan fingerprint density at radius 3 is 2.09 bits per heavy atom. The van der Waals surface area contributed by atoms with E-state index in [2.05, 4.69) is 11.7 Å². The number of unbranched alkanes of at least 4 members (excludes halogenated alkanes) is 2. The van der Waals surface area contributed by atoms with Gasteiger partial charge in [0, 0.05) is 20.9 Å². The molecule has 2 nitrogen and oxygen atoms in total. The second kappa shape index (κ2) is 12.8. The van der Waals surface area contributed by atoms with Crippen LogP contribution in [0.1, 0.15) is 64.7 Å². The zero-order valence-corrected chi connectivity index (χ0v) is 20.5. The van der Waals surface area contributed by atoms with Gasteiger partial charge in [-0.3, -0.25) is 0 Å². The molecule has 1 aliphatic carbocycles. The fourth-order valence-corrected chi connectivity index (χ4v) is 9.05. The summed E-state index contributed by atoms with van der Waals surface area (Å²) in [6.07, 6.45) is 8.57. The first kappa shape index (κ1) is 26.0. The molecule has 1 saturated heterocycles. The molecule has 1 aliphatic heterocycles. The van der Waals surface area contributed by atoms with Crippen LogP contribution in [0.25, 0.3) is 0 Å². The van der Waals surface area contributed by atoms with Crippen LogP contribution in [0, 0.1) is 29.4 Å². The van der Waals surface area contributed by atoms with Gasteiger partial charge in [-0.15, -0.1) is 0 Å². The van der Waals surface area contributed by atoms with Gasteiger partial charge in [0.25, 0.3) is 0 Å². The Morgan fingerprint density at radius 2 is 1.52 bits per heavy atom. The van der Waals surface area contributed by atoms with E-state index in [9.17, 15) is 22.0 Å². The van der Waals surface area contributed by atoms with E-state index in [-0.39, 0.29) is 5.75 Å². The summed E-state index contributed by atoms with van der Waals surface area (Å²) in [6, 6.07) is 3.87. The van der Waals surface area contributed by atoms with Crippen LogP contribution < -0.4 is 9.47 Å². The summed E-state index contributed by atoms with van der Waals surface area (Å²) in [6.45, 7) is 2.61. The molecule has 1 saturated carbocycles. The van der Waals surface area contributed by atoms with Crippen molar-refractivity contribution in [1.29, 1.82) is 0 Å². The number of hydrogen-bond donors (Lipinski definition) is 0. The molecule has 0 spiro atoms. The maximum atomic E-state index is 14.0. The molecule has 0 radical (unpaired) electrons. The fourth-order valence-electron chi connectivity index (χ4n) is 5.52. The van der Waals surface area contributed by atoms with Gasteiger partial charge >= 0.3 is 12.1 Å². The first-order valence-electron chi connectivity index (χ1n) is 12.4. The monoisotopic (exact) mass is 490 g/mol. The van der Waals surface area contributed by atoms with Crippen LogP contribution in [0.2, 0.25) is 18.1 Å². The second-order valence-electron chi connectivity index (χ2n) is 9.72. The predicted molar refractivity (Wildman–Crippen MR) is 122 cm³/mol. The summed E-state index contributed by atoms with van der Waals surface area (Å²) in [5, 5.41) is 0. The minimum atomic E-state index is -2.79. The van der Waals surface area contributed by atoms with Crippen molar-refractivity contribution in [1.82, 2.24) is 0 Å². The lowest BCUT2D eigenvalue weighted by atomic mass is 9.74. The molecule has 33 heavy (non-hydrogen) atoms. The first-order valence-corrected chi connectivity index (χ1v) is 14.8. The van der Waals surface area contributed by atoms with Crippen LogP contribution in [0.5, 0.6) is 11.5 Å². The number of benzene rings is 1. The molecule has 1 aromatic rings. The van der Waals surface area contributed by atoms with Crippen LogP contribution in [-0.4, -0.2) is 15.4 Å². The van der Waals surface area contributed by atoms with Crippen molar-refractivity contribution in [2.75, 3.05) is 6.61 Å². The van der Waals surface area contributed by atoms with Crippen LogP contribution >= 0.6 is 0 Å². The van der Waals surface area contributed by atoms with E-state index in [1.165, 1.54) is 63.1 Å². The summed E-state index contributed by atoms with van der Waals surface area (Å²) in [4.78, 5) is 0. The van der Waals surface area contributed by atoms with Gasteiger partial charge in [-0.2, -0.15) is 13.2 Å². The number of halogens is 5. The smallest absolute Gasteiger partial charge is 0.344 e. The highest BCUT2D eigenvalue weighted by Crippen LogP contribution is 2.41. The van der Waals surface area contributed by atoms with Gasteiger partial charge in [-0.25, -0.2) is 8.78 Å². The molecule has 1 aromatic carbocycles. The Hall–Kier alpha value is -1.57. The molecule has 2 aliphatic rings. The lowest BCUT2D eigenvalue weighted by Gasteiger charge is -2.37. The number of rotatable bonds is 10. The third kappa shape index (κ3) is 7.72. The van der Waals surface area contributed by atoms with Crippen molar-refractivity contribution in [2.24, 2.45) is 17.8 Å². The molecule has 186 valence electrons. The predicted octanol–water partition coefficient (Wildman–Crippen LogP) is 8.39. The van der Waals surface area contributed by atoms with Gasteiger partial charge < -0.3 is 9.47 Å². The lowest BCUT2D eigenvalue weighted by Crippen LogP contribution is -2.29. The molecule has 8 heteroatoms. The van der Waals surface area contributed by atoms with Gasteiger partial charge in [0.05, 0.1) is 6.61 Å². The molecule has 0 aromatic heterocycles. The standard InChI is InChI=1S/C25H35F5O2Si/c1-2-3-4-11-33-12-9-19(10-13-33)18-7-5-17(6-8-18)16-31-20-14-21(26)23(22(27)15-20)32-25(30)24(28)29/h14-15,17-19,33H,2-13,16H2,1H3/t17-,18-,19?,33?. The molecular weight excluding hydrogens is 455 g/mol. The van der Waals surface area contributed by atoms with E-state index in [4.69, 9.17) is 4.74 Å². The summed E-state index contributed by atoms with van der Waals surface area (Å²) in [5.41, 5.74) is 0.